The predicted molar refractivity (Wildman–Crippen MR) is 135 cm³/mol. The lowest BCUT2D eigenvalue weighted by Gasteiger charge is -2.38. The van der Waals surface area contributed by atoms with E-state index < -0.39 is 17.4 Å². The zero-order valence-electron chi connectivity index (χ0n) is 19.3. The van der Waals surface area contributed by atoms with Gasteiger partial charge in [0, 0.05) is 58.8 Å². The highest BCUT2D eigenvalue weighted by molar-refractivity contribution is 7.99. The molecule has 4 heterocycles. The van der Waals surface area contributed by atoms with Crippen LogP contribution in [0.1, 0.15) is 25.5 Å². The highest BCUT2D eigenvalue weighted by atomic mass is 35.5. The fourth-order valence-electron chi connectivity index (χ4n) is 5.06. The molecule has 0 unspecified atom stereocenters. The SMILES string of the molecule is COC[C@H]1CSc2c(-c3ccc(Cl)s3)c(C(F)(F)F)cc3c(N4C[C@@H](C)N[C@@H](C)C4)nc(=O)n1c23. The summed E-state index contributed by atoms with van der Waals surface area (Å²) in [7, 11) is 1.54. The summed E-state index contributed by atoms with van der Waals surface area (Å²) < 4.78 is 50.8. The minimum Gasteiger partial charge on any atom is -0.383 e. The molecule has 188 valence electrons. The number of hydrogen-bond acceptors (Lipinski definition) is 7. The second kappa shape index (κ2) is 9.26. The van der Waals surface area contributed by atoms with Gasteiger partial charge in [0.2, 0.25) is 0 Å². The molecule has 35 heavy (non-hydrogen) atoms. The van der Waals surface area contributed by atoms with Gasteiger partial charge in [-0.05, 0) is 32.0 Å². The maximum Gasteiger partial charge on any atom is 0.417 e. The number of nitrogens with zero attached hydrogens (tertiary/aromatic N) is 3. The number of alkyl halides is 3. The van der Waals surface area contributed by atoms with E-state index in [1.807, 2.05) is 18.7 Å². The average Bonchev–Trinajstić information content (AvgIpc) is 3.20. The van der Waals surface area contributed by atoms with E-state index in [2.05, 4.69) is 10.3 Å². The molecule has 0 amide bonds. The Morgan fingerprint density at radius 2 is 1.97 bits per heavy atom. The van der Waals surface area contributed by atoms with Gasteiger partial charge in [-0.1, -0.05) is 11.6 Å². The van der Waals surface area contributed by atoms with Crippen LogP contribution < -0.4 is 15.9 Å². The van der Waals surface area contributed by atoms with E-state index in [0.29, 0.717) is 49.7 Å². The maximum atomic E-state index is 14.5. The number of aromatic nitrogens is 2. The van der Waals surface area contributed by atoms with Crippen LogP contribution in [0.15, 0.2) is 27.9 Å². The van der Waals surface area contributed by atoms with Crippen molar-refractivity contribution in [2.24, 2.45) is 0 Å². The lowest BCUT2D eigenvalue weighted by atomic mass is 10.00. The molecule has 3 aromatic rings. The Labute approximate surface area is 213 Å². The minimum absolute atomic E-state index is 0.0649. The summed E-state index contributed by atoms with van der Waals surface area (Å²) >= 11 is 8.53. The van der Waals surface area contributed by atoms with Crippen LogP contribution >= 0.6 is 34.7 Å². The third-order valence-corrected chi connectivity index (χ3v) is 8.76. The first-order valence-corrected chi connectivity index (χ1v) is 13.3. The van der Waals surface area contributed by atoms with E-state index in [-0.39, 0.29) is 30.3 Å². The Kier molecular flexibility index (Phi) is 6.58. The number of halogens is 4. The largest absolute Gasteiger partial charge is 0.417 e. The van der Waals surface area contributed by atoms with Crippen molar-refractivity contribution in [3.63, 3.8) is 0 Å². The van der Waals surface area contributed by atoms with Gasteiger partial charge >= 0.3 is 11.9 Å². The molecule has 2 aliphatic rings. The first kappa shape index (κ1) is 24.9. The quantitative estimate of drug-likeness (QED) is 0.482. The molecular weight excluding hydrogens is 521 g/mol. The summed E-state index contributed by atoms with van der Waals surface area (Å²) in [5, 5.41) is 3.74. The molecule has 0 radical (unpaired) electrons. The molecule has 1 fully saturated rings. The molecule has 1 N–H and O–H groups in total. The molecule has 2 aliphatic heterocycles. The van der Waals surface area contributed by atoms with E-state index >= 15 is 0 Å². The number of anilines is 1. The van der Waals surface area contributed by atoms with Crippen molar-refractivity contribution in [3.8, 4) is 10.4 Å². The molecule has 2 aromatic heterocycles. The summed E-state index contributed by atoms with van der Waals surface area (Å²) in [5.41, 5.74) is -0.690. The number of nitrogens with one attached hydrogen (secondary N) is 1. The Hall–Kier alpha value is -1.79. The lowest BCUT2D eigenvalue weighted by molar-refractivity contribution is -0.137. The van der Waals surface area contributed by atoms with E-state index in [9.17, 15) is 18.0 Å². The van der Waals surface area contributed by atoms with Crippen LogP contribution in [0.5, 0.6) is 0 Å². The lowest BCUT2D eigenvalue weighted by Crippen LogP contribution is -2.55. The first-order valence-electron chi connectivity index (χ1n) is 11.2. The highest BCUT2D eigenvalue weighted by Gasteiger charge is 2.40. The summed E-state index contributed by atoms with van der Waals surface area (Å²) in [6.07, 6.45) is -4.61. The summed E-state index contributed by atoms with van der Waals surface area (Å²) in [4.78, 5) is 20.5. The molecule has 1 aromatic carbocycles. The molecule has 5 rings (SSSR count). The zero-order chi connectivity index (χ0) is 25.1. The van der Waals surface area contributed by atoms with Crippen molar-refractivity contribution in [1.29, 1.82) is 0 Å². The zero-order valence-corrected chi connectivity index (χ0v) is 21.7. The highest BCUT2D eigenvalue weighted by Crippen LogP contribution is 2.51. The van der Waals surface area contributed by atoms with Gasteiger partial charge in [-0.15, -0.1) is 23.1 Å². The molecule has 3 atom stereocenters. The smallest absolute Gasteiger partial charge is 0.383 e. The summed E-state index contributed by atoms with van der Waals surface area (Å²) in [5.74, 6) is 0.689. The second-order valence-electron chi connectivity index (χ2n) is 9.01. The standard InChI is InChI=1S/C23H24ClF3N4O2S2/c1-11-7-30(8-12(2)28-11)21-14-6-15(23(25,26)27)18(16-4-5-17(24)35-16)20-19(14)31(22(32)29-21)13(9-33-3)10-34-20/h4-6,11-13,28H,7-10H2,1-3H3/t11-,12+,13-/m0/s1. The van der Waals surface area contributed by atoms with Crippen molar-refractivity contribution >= 4 is 51.4 Å². The topological polar surface area (TPSA) is 59.4 Å². The Morgan fingerprint density at radius 1 is 1.26 bits per heavy atom. The van der Waals surface area contributed by atoms with Crippen LogP contribution in [0.3, 0.4) is 0 Å². The number of thiophene rings is 1. The van der Waals surface area contributed by atoms with Gasteiger partial charge in [-0.3, -0.25) is 4.57 Å². The van der Waals surface area contributed by atoms with Crippen LogP contribution in [0.2, 0.25) is 4.34 Å². The molecule has 6 nitrogen and oxygen atoms in total. The van der Waals surface area contributed by atoms with E-state index in [4.69, 9.17) is 16.3 Å². The van der Waals surface area contributed by atoms with Crippen LogP contribution in [0, 0.1) is 0 Å². The number of ether oxygens (including phenoxy) is 1. The number of benzene rings is 1. The van der Waals surface area contributed by atoms with Gasteiger partial charge in [-0.2, -0.15) is 18.2 Å². The van der Waals surface area contributed by atoms with Gasteiger partial charge < -0.3 is 15.0 Å². The molecular formula is C23H24ClF3N4O2S2. The van der Waals surface area contributed by atoms with Crippen LogP contribution in [0.25, 0.3) is 21.3 Å². The number of thioether (sulfide) groups is 1. The average molecular weight is 545 g/mol. The normalized spacial score (nSPS) is 22.7. The van der Waals surface area contributed by atoms with Crippen LogP contribution in [0.4, 0.5) is 19.0 Å². The van der Waals surface area contributed by atoms with Gasteiger partial charge in [0.1, 0.15) is 5.82 Å². The van der Waals surface area contributed by atoms with Crippen LogP contribution in [-0.4, -0.2) is 54.2 Å². The fourth-order valence-corrected chi connectivity index (χ4v) is 7.55. The van der Waals surface area contributed by atoms with Crippen molar-refractivity contribution in [2.75, 3.05) is 37.5 Å². The Morgan fingerprint density at radius 3 is 2.57 bits per heavy atom. The minimum atomic E-state index is -4.61. The summed E-state index contributed by atoms with van der Waals surface area (Å²) in [6.45, 7) is 5.33. The second-order valence-corrected chi connectivity index (χ2v) is 11.8. The predicted octanol–water partition coefficient (Wildman–Crippen LogP) is 5.28. The maximum absolute atomic E-state index is 14.5. The molecule has 0 spiro atoms. The van der Waals surface area contributed by atoms with Gasteiger partial charge in [0.05, 0.1) is 28.1 Å². The third kappa shape index (κ3) is 4.46. The Bertz CT molecular complexity index is 1330. The van der Waals surface area contributed by atoms with Gasteiger partial charge in [0.25, 0.3) is 0 Å². The molecule has 1 saturated heterocycles. The van der Waals surface area contributed by atoms with Crippen molar-refractivity contribution in [3.05, 3.63) is 38.6 Å². The van der Waals surface area contributed by atoms with Crippen molar-refractivity contribution < 1.29 is 17.9 Å². The fraction of sp³-hybridized carbons (Fsp3) is 0.478. The van der Waals surface area contributed by atoms with E-state index in [1.54, 1.807) is 19.2 Å². The van der Waals surface area contributed by atoms with E-state index in [0.717, 1.165) is 17.4 Å². The Balaban J connectivity index is 1.88. The number of piperazine rings is 1. The van der Waals surface area contributed by atoms with Gasteiger partial charge in [0.15, 0.2) is 0 Å². The first-order chi connectivity index (χ1) is 16.6. The van der Waals surface area contributed by atoms with Crippen molar-refractivity contribution in [2.45, 2.75) is 43.0 Å². The molecule has 0 saturated carbocycles. The van der Waals surface area contributed by atoms with Crippen LogP contribution in [-0.2, 0) is 10.9 Å². The van der Waals surface area contributed by atoms with E-state index in [1.165, 1.54) is 16.3 Å². The molecule has 0 bridgehead atoms. The number of hydrogen-bond donors (Lipinski definition) is 1. The number of methoxy groups -OCH3 is 1. The monoisotopic (exact) mass is 544 g/mol. The third-order valence-electron chi connectivity index (χ3n) is 6.27. The summed E-state index contributed by atoms with van der Waals surface area (Å²) in [6, 6.07) is 4.20. The molecule has 0 aliphatic carbocycles. The number of rotatable bonds is 4. The van der Waals surface area contributed by atoms with Crippen molar-refractivity contribution in [1.82, 2.24) is 14.9 Å². The molecule has 12 heteroatoms. The van der Waals surface area contributed by atoms with Gasteiger partial charge in [-0.25, -0.2) is 4.79 Å².